The van der Waals surface area contributed by atoms with Crippen molar-refractivity contribution < 1.29 is 9.53 Å². The number of rotatable bonds is 2. The molecule has 15 heavy (non-hydrogen) atoms. The molecule has 0 amide bonds. The highest BCUT2D eigenvalue weighted by molar-refractivity contribution is 6.04. The lowest BCUT2D eigenvalue weighted by molar-refractivity contribution is 0.0557. The summed E-state index contributed by atoms with van der Waals surface area (Å²) in [5.41, 5.74) is 1.34. The standard InChI is InChI=1S/C11H8N2O2/c12-5-6-15-11(14)9-7-13-10-4-2-1-3-8(9)10/h1-4,7,13H,6H2. The molecule has 0 saturated carbocycles. The van der Waals surface area contributed by atoms with Gasteiger partial charge >= 0.3 is 5.97 Å². The number of esters is 1. The normalized spacial score (nSPS) is 9.80. The second-order valence-corrected chi connectivity index (χ2v) is 2.98. The Kier molecular flexibility index (Phi) is 2.38. The topological polar surface area (TPSA) is 65.9 Å². The fourth-order valence-electron chi connectivity index (χ4n) is 1.42. The van der Waals surface area contributed by atoms with Crippen molar-refractivity contribution in [3.63, 3.8) is 0 Å². The van der Waals surface area contributed by atoms with Gasteiger partial charge in [-0.1, -0.05) is 18.2 Å². The second kappa shape index (κ2) is 3.84. The smallest absolute Gasteiger partial charge is 0.341 e. The number of carbonyl (C=O) groups excluding carboxylic acids is 1. The van der Waals surface area contributed by atoms with Gasteiger partial charge in [0.15, 0.2) is 6.61 Å². The predicted molar refractivity (Wildman–Crippen MR) is 54.2 cm³/mol. The number of nitriles is 1. The monoisotopic (exact) mass is 200 g/mol. The minimum absolute atomic E-state index is 0.224. The van der Waals surface area contributed by atoms with E-state index in [4.69, 9.17) is 10.00 Å². The van der Waals surface area contributed by atoms with E-state index < -0.39 is 5.97 Å². The number of nitrogens with one attached hydrogen (secondary N) is 1. The summed E-state index contributed by atoms with van der Waals surface area (Å²) in [6.45, 7) is -0.224. The number of fused-ring (bicyclic) bond motifs is 1. The van der Waals surface area contributed by atoms with Crippen LogP contribution in [0.3, 0.4) is 0 Å². The van der Waals surface area contributed by atoms with Crippen molar-refractivity contribution in [1.82, 2.24) is 4.98 Å². The average molecular weight is 200 g/mol. The zero-order valence-corrected chi connectivity index (χ0v) is 7.86. The average Bonchev–Trinajstić information content (AvgIpc) is 2.69. The van der Waals surface area contributed by atoms with Gasteiger partial charge in [0.2, 0.25) is 0 Å². The van der Waals surface area contributed by atoms with Crippen LogP contribution in [0.4, 0.5) is 0 Å². The summed E-state index contributed by atoms with van der Waals surface area (Å²) < 4.78 is 4.72. The van der Waals surface area contributed by atoms with Crippen LogP contribution >= 0.6 is 0 Å². The van der Waals surface area contributed by atoms with Gasteiger partial charge in [-0.05, 0) is 6.07 Å². The molecule has 74 valence electrons. The third-order valence-corrected chi connectivity index (χ3v) is 2.08. The summed E-state index contributed by atoms with van der Waals surface area (Å²) in [7, 11) is 0. The summed E-state index contributed by atoms with van der Waals surface area (Å²) in [5.74, 6) is -0.478. The highest BCUT2D eigenvalue weighted by Gasteiger charge is 2.12. The number of hydrogen-bond donors (Lipinski definition) is 1. The maximum atomic E-state index is 11.5. The van der Waals surface area contributed by atoms with E-state index >= 15 is 0 Å². The number of aromatic nitrogens is 1. The lowest BCUT2D eigenvalue weighted by atomic mass is 10.2. The van der Waals surface area contributed by atoms with Gasteiger partial charge in [0, 0.05) is 17.1 Å². The summed E-state index contributed by atoms with van der Waals surface area (Å²) in [6.07, 6.45) is 1.59. The molecule has 2 aromatic rings. The van der Waals surface area contributed by atoms with Gasteiger partial charge in [0.05, 0.1) is 5.56 Å². The van der Waals surface area contributed by atoms with E-state index in [0.717, 1.165) is 10.9 Å². The zero-order valence-electron chi connectivity index (χ0n) is 7.86. The second-order valence-electron chi connectivity index (χ2n) is 2.98. The first-order valence-corrected chi connectivity index (χ1v) is 4.43. The van der Waals surface area contributed by atoms with Gasteiger partial charge in [-0.25, -0.2) is 4.79 Å². The molecular weight excluding hydrogens is 192 g/mol. The fraction of sp³-hybridized carbons (Fsp3) is 0.0909. The lowest BCUT2D eigenvalue weighted by Crippen LogP contribution is -2.04. The van der Waals surface area contributed by atoms with Crippen LogP contribution in [0, 0.1) is 11.3 Å². The van der Waals surface area contributed by atoms with E-state index in [1.807, 2.05) is 24.3 Å². The summed E-state index contributed by atoms with van der Waals surface area (Å²) in [5, 5.41) is 9.10. The maximum Gasteiger partial charge on any atom is 0.341 e. The number of ether oxygens (including phenoxy) is 1. The molecule has 0 unspecified atom stereocenters. The van der Waals surface area contributed by atoms with E-state index in [1.54, 1.807) is 12.3 Å². The molecule has 1 aromatic heterocycles. The lowest BCUT2D eigenvalue weighted by Gasteiger charge is -1.97. The van der Waals surface area contributed by atoms with Crippen LogP contribution in [0.2, 0.25) is 0 Å². The molecule has 0 spiro atoms. The number of H-pyrrole nitrogens is 1. The molecule has 0 saturated heterocycles. The molecule has 0 aliphatic rings. The van der Waals surface area contributed by atoms with Crippen LogP contribution in [-0.2, 0) is 4.74 Å². The highest BCUT2D eigenvalue weighted by Crippen LogP contribution is 2.18. The van der Waals surface area contributed by atoms with Crippen molar-refractivity contribution in [2.24, 2.45) is 0 Å². The maximum absolute atomic E-state index is 11.5. The number of nitrogens with zero attached hydrogens (tertiary/aromatic N) is 1. The number of benzene rings is 1. The number of carbonyl (C=O) groups is 1. The van der Waals surface area contributed by atoms with Crippen molar-refractivity contribution in [2.45, 2.75) is 0 Å². The van der Waals surface area contributed by atoms with Crippen molar-refractivity contribution in [1.29, 1.82) is 5.26 Å². The summed E-state index contributed by atoms with van der Waals surface area (Å²) in [4.78, 5) is 14.4. The van der Waals surface area contributed by atoms with Crippen LogP contribution in [0.5, 0.6) is 0 Å². The molecule has 1 N–H and O–H groups in total. The zero-order chi connectivity index (χ0) is 10.7. The van der Waals surface area contributed by atoms with Gasteiger partial charge in [0.1, 0.15) is 6.07 Å². The molecule has 0 aliphatic heterocycles. The Hall–Kier alpha value is -2.28. The molecule has 0 fully saturated rings. The third-order valence-electron chi connectivity index (χ3n) is 2.08. The van der Waals surface area contributed by atoms with Crippen molar-refractivity contribution in [2.75, 3.05) is 6.61 Å². The van der Waals surface area contributed by atoms with Crippen LogP contribution < -0.4 is 0 Å². The number of aromatic amines is 1. The Balaban J connectivity index is 2.36. The molecule has 4 nitrogen and oxygen atoms in total. The Morgan fingerprint density at radius 3 is 3.07 bits per heavy atom. The Morgan fingerprint density at radius 2 is 2.27 bits per heavy atom. The first-order chi connectivity index (χ1) is 7.33. The molecule has 2 rings (SSSR count). The largest absolute Gasteiger partial charge is 0.447 e. The molecule has 0 aliphatic carbocycles. The predicted octanol–water partition coefficient (Wildman–Crippen LogP) is 1.85. The van der Waals surface area contributed by atoms with E-state index in [9.17, 15) is 4.79 Å². The van der Waals surface area contributed by atoms with E-state index in [2.05, 4.69) is 4.98 Å². The third kappa shape index (κ3) is 1.67. The molecule has 0 bridgehead atoms. The molecule has 1 aromatic carbocycles. The Bertz CT molecular complexity index is 537. The minimum atomic E-state index is -0.478. The molecule has 4 heteroatoms. The Morgan fingerprint density at radius 1 is 1.47 bits per heavy atom. The summed E-state index contributed by atoms with van der Waals surface area (Å²) in [6, 6.07) is 9.18. The van der Waals surface area contributed by atoms with E-state index in [0.29, 0.717) is 5.56 Å². The van der Waals surface area contributed by atoms with Crippen molar-refractivity contribution >= 4 is 16.9 Å². The van der Waals surface area contributed by atoms with Gasteiger partial charge < -0.3 is 9.72 Å². The van der Waals surface area contributed by atoms with Crippen LogP contribution in [0.1, 0.15) is 10.4 Å². The number of hydrogen-bond acceptors (Lipinski definition) is 3. The van der Waals surface area contributed by atoms with Gasteiger partial charge in [0.25, 0.3) is 0 Å². The van der Waals surface area contributed by atoms with Gasteiger partial charge in [-0.15, -0.1) is 0 Å². The van der Waals surface area contributed by atoms with Crippen LogP contribution in [-0.4, -0.2) is 17.6 Å². The SMILES string of the molecule is N#CCOC(=O)c1c[nH]c2ccccc12. The molecular formula is C11H8N2O2. The van der Waals surface area contributed by atoms with Crippen molar-refractivity contribution in [3.8, 4) is 6.07 Å². The quantitative estimate of drug-likeness (QED) is 0.752. The fourth-order valence-corrected chi connectivity index (χ4v) is 1.42. The van der Waals surface area contributed by atoms with E-state index in [1.165, 1.54) is 0 Å². The van der Waals surface area contributed by atoms with E-state index in [-0.39, 0.29) is 6.61 Å². The first kappa shape index (κ1) is 9.28. The number of para-hydroxylation sites is 1. The first-order valence-electron chi connectivity index (χ1n) is 4.43. The molecule has 1 heterocycles. The summed E-state index contributed by atoms with van der Waals surface area (Å²) >= 11 is 0. The Labute approximate surface area is 86.1 Å². The van der Waals surface area contributed by atoms with Crippen LogP contribution in [0.25, 0.3) is 10.9 Å². The van der Waals surface area contributed by atoms with Gasteiger partial charge in [-0.2, -0.15) is 5.26 Å². The van der Waals surface area contributed by atoms with Crippen LogP contribution in [0.15, 0.2) is 30.5 Å². The molecule has 0 radical (unpaired) electrons. The van der Waals surface area contributed by atoms with Gasteiger partial charge in [-0.3, -0.25) is 0 Å². The van der Waals surface area contributed by atoms with Crippen molar-refractivity contribution in [3.05, 3.63) is 36.0 Å². The highest BCUT2D eigenvalue weighted by atomic mass is 16.5. The molecule has 0 atom stereocenters. The minimum Gasteiger partial charge on any atom is -0.447 e.